The predicted molar refractivity (Wildman–Crippen MR) is 53.9 cm³/mol. The minimum Gasteiger partial charge on any atom is -0.469 e. The van der Waals surface area contributed by atoms with Crippen molar-refractivity contribution in [1.29, 1.82) is 0 Å². The number of hydrogen-bond acceptors (Lipinski definition) is 3. The van der Waals surface area contributed by atoms with E-state index in [4.69, 9.17) is 9.47 Å². The Labute approximate surface area is 85.8 Å². The van der Waals surface area contributed by atoms with Crippen LogP contribution in [-0.2, 0) is 14.3 Å². The van der Waals surface area contributed by atoms with Crippen LogP contribution in [0.5, 0.6) is 0 Å². The molecule has 0 heterocycles. The first-order chi connectivity index (χ1) is 6.69. The van der Waals surface area contributed by atoms with Gasteiger partial charge >= 0.3 is 5.97 Å². The smallest absolute Gasteiger partial charge is 0.308 e. The molecule has 1 atom stereocenters. The number of esters is 1. The van der Waals surface area contributed by atoms with Crippen LogP contribution in [0.3, 0.4) is 0 Å². The van der Waals surface area contributed by atoms with E-state index >= 15 is 0 Å². The summed E-state index contributed by atoms with van der Waals surface area (Å²) in [6.45, 7) is 2.10. The summed E-state index contributed by atoms with van der Waals surface area (Å²) in [5.74, 6) is 0.690. The lowest BCUT2D eigenvalue weighted by Gasteiger charge is -2.30. The number of carbonyl (C=O) groups is 1. The lowest BCUT2D eigenvalue weighted by molar-refractivity contribution is -0.147. The predicted octanol–water partition coefficient (Wildman–Crippen LogP) is 2.00. The quantitative estimate of drug-likeness (QED) is 0.654. The number of rotatable bonds is 3. The molecule has 1 fully saturated rings. The third-order valence-electron chi connectivity index (χ3n) is 3.34. The largest absolute Gasteiger partial charge is 0.469 e. The molecule has 1 aliphatic carbocycles. The molecule has 14 heavy (non-hydrogen) atoms. The number of ether oxygens (including phenoxy) is 2. The average molecular weight is 200 g/mol. The Hall–Kier alpha value is -0.570. The normalized spacial score (nSPS) is 29.6. The second kappa shape index (κ2) is 5.35. The van der Waals surface area contributed by atoms with Crippen molar-refractivity contribution in [2.24, 2.45) is 11.8 Å². The van der Waals surface area contributed by atoms with Gasteiger partial charge in [-0.05, 0) is 38.5 Å². The minimum absolute atomic E-state index is 0.0477. The number of methoxy groups -OCH3 is 2. The molecule has 0 aromatic carbocycles. The molecule has 1 aliphatic rings. The van der Waals surface area contributed by atoms with Crippen LogP contribution in [0.1, 0.15) is 32.6 Å². The van der Waals surface area contributed by atoms with E-state index in [9.17, 15) is 4.79 Å². The maximum Gasteiger partial charge on any atom is 0.308 e. The first-order valence-electron chi connectivity index (χ1n) is 5.29. The zero-order valence-electron chi connectivity index (χ0n) is 9.29. The van der Waals surface area contributed by atoms with Crippen molar-refractivity contribution in [2.45, 2.75) is 38.7 Å². The van der Waals surface area contributed by atoms with Crippen LogP contribution in [-0.4, -0.2) is 26.3 Å². The lowest BCUT2D eigenvalue weighted by Crippen LogP contribution is -2.28. The molecule has 0 saturated heterocycles. The van der Waals surface area contributed by atoms with E-state index in [1.54, 1.807) is 7.11 Å². The third kappa shape index (κ3) is 2.71. The summed E-state index contributed by atoms with van der Waals surface area (Å²) in [5.41, 5.74) is 0. The molecule has 1 rings (SSSR count). The molecule has 0 spiro atoms. The Bertz CT molecular complexity index is 183. The summed E-state index contributed by atoms with van der Waals surface area (Å²) >= 11 is 0. The maximum atomic E-state index is 11.3. The van der Waals surface area contributed by atoms with Gasteiger partial charge in [0.1, 0.15) is 0 Å². The molecule has 82 valence electrons. The zero-order valence-corrected chi connectivity index (χ0v) is 9.29. The fourth-order valence-corrected chi connectivity index (χ4v) is 2.18. The van der Waals surface area contributed by atoms with Crippen molar-refractivity contribution in [3.63, 3.8) is 0 Å². The van der Waals surface area contributed by atoms with Crippen molar-refractivity contribution in [2.75, 3.05) is 14.2 Å². The van der Waals surface area contributed by atoms with Gasteiger partial charge in [0.15, 0.2) is 0 Å². The molecule has 0 amide bonds. The molecule has 0 unspecified atom stereocenters. The van der Waals surface area contributed by atoms with Crippen molar-refractivity contribution in [1.82, 2.24) is 0 Å². The van der Waals surface area contributed by atoms with Gasteiger partial charge in [-0.15, -0.1) is 0 Å². The van der Waals surface area contributed by atoms with Crippen LogP contribution >= 0.6 is 0 Å². The van der Waals surface area contributed by atoms with Crippen molar-refractivity contribution >= 4 is 5.97 Å². The van der Waals surface area contributed by atoms with Crippen LogP contribution in [0.4, 0.5) is 0 Å². The number of carbonyl (C=O) groups excluding carboxylic acids is 1. The molecule has 0 aromatic rings. The van der Waals surface area contributed by atoms with E-state index in [-0.39, 0.29) is 11.9 Å². The number of hydrogen-bond donors (Lipinski definition) is 0. The van der Waals surface area contributed by atoms with Crippen LogP contribution in [0.15, 0.2) is 0 Å². The second-order valence-corrected chi connectivity index (χ2v) is 4.08. The Morgan fingerprint density at radius 2 is 1.79 bits per heavy atom. The van der Waals surface area contributed by atoms with Crippen molar-refractivity contribution in [3.05, 3.63) is 0 Å². The Balaban J connectivity index is 2.34. The van der Waals surface area contributed by atoms with Gasteiger partial charge in [-0.3, -0.25) is 4.79 Å². The fourth-order valence-electron chi connectivity index (χ4n) is 2.18. The molecule has 3 heteroatoms. The van der Waals surface area contributed by atoms with E-state index in [0.717, 1.165) is 25.7 Å². The van der Waals surface area contributed by atoms with Crippen molar-refractivity contribution in [3.8, 4) is 0 Å². The topological polar surface area (TPSA) is 35.5 Å². The molecule has 0 bridgehead atoms. The van der Waals surface area contributed by atoms with E-state index < -0.39 is 0 Å². The zero-order chi connectivity index (χ0) is 10.6. The first-order valence-corrected chi connectivity index (χ1v) is 5.29. The van der Waals surface area contributed by atoms with Gasteiger partial charge in [-0.2, -0.15) is 0 Å². The minimum atomic E-state index is -0.0477. The molecule has 0 aliphatic heterocycles. The van der Waals surface area contributed by atoms with Crippen LogP contribution in [0.25, 0.3) is 0 Å². The second-order valence-electron chi connectivity index (χ2n) is 4.08. The van der Waals surface area contributed by atoms with Crippen LogP contribution < -0.4 is 0 Å². The van der Waals surface area contributed by atoms with E-state index in [0.29, 0.717) is 12.0 Å². The summed E-state index contributed by atoms with van der Waals surface area (Å²) in [6, 6.07) is 0. The average Bonchev–Trinajstić information content (AvgIpc) is 2.27. The highest BCUT2D eigenvalue weighted by molar-refractivity contribution is 5.72. The van der Waals surface area contributed by atoms with Gasteiger partial charge in [-0.25, -0.2) is 0 Å². The Morgan fingerprint density at radius 1 is 1.21 bits per heavy atom. The SMILES string of the molecule is COC(=O)C1CCC([C@H](C)OC)CC1. The molecule has 1 saturated carbocycles. The highest BCUT2D eigenvalue weighted by atomic mass is 16.5. The molecule has 0 radical (unpaired) electrons. The van der Waals surface area contributed by atoms with E-state index in [1.807, 2.05) is 0 Å². The van der Waals surface area contributed by atoms with Gasteiger partial charge in [-0.1, -0.05) is 0 Å². The molecular formula is C11H20O3. The van der Waals surface area contributed by atoms with E-state index in [1.165, 1.54) is 7.11 Å². The molecule has 0 aromatic heterocycles. The summed E-state index contributed by atoms with van der Waals surface area (Å²) in [6.07, 6.45) is 4.37. The van der Waals surface area contributed by atoms with Crippen LogP contribution in [0.2, 0.25) is 0 Å². The lowest BCUT2D eigenvalue weighted by atomic mass is 9.80. The highest BCUT2D eigenvalue weighted by Gasteiger charge is 2.29. The standard InChI is InChI=1S/C11H20O3/c1-8(13-2)9-4-6-10(7-5-9)11(12)14-3/h8-10H,4-7H2,1-3H3/t8-,9?,10?/m0/s1. The molecular weight excluding hydrogens is 180 g/mol. The monoisotopic (exact) mass is 200 g/mol. The van der Waals surface area contributed by atoms with Gasteiger partial charge in [0.05, 0.1) is 19.1 Å². The molecule has 0 N–H and O–H groups in total. The fraction of sp³-hybridized carbons (Fsp3) is 0.909. The summed E-state index contributed by atoms with van der Waals surface area (Å²) in [5, 5.41) is 0. The Morgan fingerprint density at radius 3 is 2.21 bits per heavy atom. The highest BCUT2D eigenvalue weighted by Crippen LogP contribution is 2.32. The molecule has 3 nitrogen and oxygen atoms in total. The maximum absolute atomic E-state index is 11.3. The van der Waals surface area contributed by atoms with Crippen LogP contribution in [0, 0.1) is 11.8 Å². The first kappa shape index (κ1) is 11.5. The summed E-state index contributed by atoms with van der Waals surface area (Å²) < 4.78 is 10.0. The third-order valence-corrected chi connectivity index (χ3v) is 3.34. The van der Waals surface area contributed by atoms with Gasteiger partial charge in [0, 0.05) is 7.11 Å². The van der Waals surface area contributed by atoms with E-state index in [2.05, 4.69) is 6.92 Å². The Kier molecular flexibility index (Phi) is 4.39. The van der Waals surface area contributed by atoms with Crippen molar-refractivity contribution < 1.29 is 14.3 Å². The van der Waals surface area contributed by atoms with Gasteiger partial charge in [0.2, 0.25) is 0 Å². The summed E-state index contributed by atoms with van der Waals surface area (Å²) in [7, 11) is 3.21. The van der Waals surface area contributed by atoms with Gasteiger partial charge < -0.3 is 9.47 Å². The summed E-state index contributed by atoms with van der Waals surface area (Å²) in [4.78, 5) is 11.3. The van der Waals surface area contributed by atoms with Gasteiger partial charge in [0.25, 0.3) is 0 Å².